The highest BCUT2D eigenvalue weighted by Crippen LogP contribution is 2.32. The van der Waals surface area contributed by atoms with Crippen LogP contribution < -0.4 is 9.47 Å². The van der Waals surface area contributed by atoms with Crippen molar-refractivity contribution in [3.63, 3.8) is 0 Å². The lowest BCUT2D eigenvalue weighted by atomic mass is 9.97. The first-order chi connectivity index (χ1) is 12.7. The Morgan fingerprint density at radius 1 is 1.30 bits per heavy atom. The molecular weight excluding hydrogens is 374 g/mol. The van der Waals surface area contributed by atoms with E-state index in [-0.39, 0.29) is 37.7 Å². The van der Waals surface area contributed by atoms with Gasteiger partial charge in [-0.25, -0.2) is 0 Å². The molecular formula is C19H28ClNO6. The SMILES string of the molecule is CCOC(=O)C1CCN(CC(O)COCc2ccc3c(c2)OCO3)CC1.Cl. The fourth-order valence-corrected chi connectivity index (χ4v) is 3.31. The first-order valence-electron chi connectivity index (χ1n) is 9.19. The van der Waals surface area contributed by atoms with Crippen LogP contribution in [0.25, 0.3) is 0 Å². The Morgan fingerprint density at radius 2 is 2.04 bits per heavy atom. The molecule has 1 aromatic rings. The van der Waals surface area contributed by atoms with E-state index >= 15 is 0 Å². The van der Waals surface area contributed by atoms with Crippen LogP contribution in [0.5, 0.6) is 11.5 Å². The number of rotatable bonds is 8. The summed E-state index contributed by atoms with van der Waals surface area (Å²) in [5.41, 5.74) is 0.983. The zero-order valence-electron chi connectivity index (χ0n) is 15.6. The van der Waals surface area contributed by atoms with E-state index in [0.29, 0.717) is 19.8 Å². The van der Waals surface area contributed by atoms with Gasteiger partial charge in [-0.15, -0.1) is 12.4 Å². The normalized spacial score (nSPS) is 18.0. The fourth-order valence-electron chi connectivity index (χ4n) is 3.31. The summed E-state index contributed by atoms with van der Waals surface area (Å²) in [6, 6.07) is 5.69. The molecule has 0 aliphatic carbocycles. The van der Waals surface area contributed by atoms with Crippen molar-refractivity contribution in [2.24, 2.45) is 5.92 Å². The van der Waals surface area contributed by atoms with E-state index in [2.05, 4.69) is 4.90 Å². The Hall–Kier alpha value is -1.54. The molecule has 0 amide bonds. The van der Waals surface area contributed by atoms with Crippen molar-refractivity contribution >= 4 is 18.4 Å². The second kappa shape index (κ2) is 10.7. The molecule has 1 saturated heterocycles. The molecule has 2 aliphatic rings. The number of nitrogens with zero attached hydrogens (tertiary/aromatic N) is 1. The maximum absolute atomic E-state index is 11.7. The van der Waals surface area contributed by atoms with Crippen molar-refractivity contribution in [3.8, 4) is 11.5 Å². The zero-order chi connectivity index (χ0) is 18.4. The van der Waals surface area contributed by atoms with Gasteiger partial charge in [0.2, 0.25) is 6.79 Å². The maximum Gasteiger partial charge on any atom is 0.309 e. The first kappa shape index (κ1) is 21.8. The number of aliphatic hydroxyl groups is 1. The van der Waals surface area contributed by atoms with Gasteiger partial charge in [-0.2, -0.15) is 0 Å². The number of piperidine rings is 1. The minimum Gasteiger partial charge on any atom is -0.466 e. The molecule has 7 nitrogen and oxygen atoms in total. The summed E-state index contributed by atoms with van der Waals surface area (Å²) in [4.78, 5) is 13.9. The lowest BCUT2D eigenvalue weighted by molar-refractivity contribution is -0.149. The van der Waals surface area contributed by atoms with E-state index in [0.717, 1.165) is 43.0 Å². The van der Waals surface area contributed by atoms with Gasteiger partial charge in [-0.05, 0) is 50.6 Å². The Bertz CT molecular complexity index is 606. The number of benzene rings is 1. The maximum atomic E-state index is 11.7. The lowest BCUT2D eigenvalue weighted by Crippen LogP contribution is -2.41. The first-order valence-corrected chi connectivity index (χ1v) is 9.19. The molecule has 0 aromatic heterocycles. The predicted molar refractivity (Wildman–Crippen MR) is 101 cm³/mol. The van der Waals surface area contributed by atoms with Crippen LogP contribution in [0, 0.1) is 5.92 Å². The molecule has 0 spiro atoms. The van der Waals surface area contributed by atoms with Gasteiger partial charge < -0.3 is 29.0 Å². The second-order valence-corrected chi connectivity index (χ2v) is 6.68. The van der Waals surface area contributed by atoms with Crippen molar-refractivity contribution < 1.29 is 28.8 Å². The Balaban J connectivity index is 0.00000261. The van der Waals surface area contributed by atoms with E-state index in [1.165, 1.54) is 0 Å². The van der Waals surface area contributed by atoms with E-state index in [9.17, 15) is 9.90 Å². The predicted octanol–water partition coefficient (Wildman–Crippen LogP) is 1.99. The molecule has 1 atom stereocenters. The molecule has 1 fully saturated rings. The third kappa shape index (κ3) is 6.24. The van der Waals surface area contributed by atoms with Gasteiger partial charge in [0.1, 0.15) is 0 Å². The van der Waals surface area contributed by atoms with Crippen LogP contribution in [0.2, 0.25) is 0 Å². The summed E-state index contributed by atoms with van der Waals surface area (Å²) in [6.45, 7) is 5.34. The van der Waals surface area contributed by atoms with Gasteiger partial charge >= 0.3 is 5.97 Å². The van der Waals surface area contributed by atoms with Crippen LogP contribution in [-0.4, -0.2) is 61.7 Å². The Labute approximate surface area is 165 Å². The van der Waals surface area contributed by atoms with E-state index in [4.69, 9.17) is 18.9 Å². The summed E-state index contributed by atoms with van der Waals surface area (Å²) < 4.78 is 21.3. The molecule has 1 aromatic carbocycles. The third-order valence-electron chi connectivity index (χ3n) is 4.69. The number of hydrogen-bond donors (Lipinski definition) is 1. The average molecular weight is 402 g/mol. The quantitative estimate of drug-likeness (QED) is 0.667. The largest absolute Gasteiger partial charge is 0.466 e. The number of aliphatic hydroxyl groups excluding tert-OH is 1. The van der Waals surface area contributed by atoms with Crippen molar-refractivity contribution in [1.82, 2.24) is 4.90 Å². The number of halogens is 1. The molecule has 0 radical (unpaired) electrons. The number of hydrogen-bond acceptors (Lipinski definition) is 7. The highest BCUT2D eigenvalue weighted by molar-refractivity contribution is 5.85. The minimum atomic E-state index is -0.553. The molecule has 2 heterocycles. The summed E-state index contributed by atoms with van der Waals surface area (Å²) in [5, 5.41) is 10.2. The van der Waals surface area contributed by atoms with Gasteiger partial charge in [0.25, 0.3) is 0 Å². The number of ether oxygens (including phenoxy) is 4. The van der Waals surface area contributed by atoms with Crippen LogP contribution in [-0.2, 0) is 20.9 Å². The monoisotopic (exact) mass is 401 g/mol. The van der Waals surface area contributed by atoms with Crippen molar-refractivity contribution in [3.05, 3.63) is 23.8 Å². The van der Waals surface area contributed by atoms with Gasteiger partial charge in [0.05, 0.1) is 31.8 Å². The summed E-state index contributed by atoms with van der Waals surface area (Å²) in [6.07, 6.45) is 1.01. The molecule has 0 saturated carbocycles. The second-order valence-electron chi connectivity index (χ2n) is 6.68. The number of carbonyl (C=O) groups excluding carboxylic acids is 1. The van der Waals surface area contributed by atoms with Crippen molar-refractivity contribution in [2.45, 2.75) is 32.5 Å². The molecule has 2 aliphatic heterocycles. The summed E-state index contributed by atoms with van der Waals surface area (Å²) >= 11 is 0. The van der Waals surface area contributed by atoms with Gasteiger partial charge in [-0.1, -0.05) is 6.07 Å². The zero-order valence-corrected chi connectivity index (χ0v) is 16.4. The van der Waals surface area contributed by atoms with Crippen LogP contribution in [0.1, 0.15) is 25.3 Å². The van der Waals surface area contributed by atoms with Gasteiger partial charge in [0.15, 0.2) is 11.5 Å². The van der Waals surface area contributed by atoms with Crippen LogP contribution in [0.4, 0.5) is 0 Å². The van der Waals surface area contributed by atoms with Crippen molar-refractivity contribution in [2.75, 3.05) is 39.6 Å². The van der Waals surface area contributed by atoms with Crippen LogP contribution in [0.3, 0.4) is 0 Å². The molecule has 27 heavy (non-hydrogen) atoms. The Morgan fingerprint density at radius 3 is 2.78 bits per heavy atom. The number of carbonyl (C=O) groups is 1. The topological polar surface area (TPSA) is 77.5 Å². The standard InChI is InChI=1S/C19H27NO6.ClH/c1-2-24-19(22)15-5-7-20(8-6-15)10-16(21)12-23-11-14-3-4-17-18(9-14)26-13-25-17;/h3-4,9,15-16,21H,2,5-8,10-13H2,1H3;1H. The van der Waals surface area contributed by atoms with Crippen molar-refractivity contribution in [1.29, 1.82) is 0 Å². The number of likely N-dealkylation sites (tertiary alicyclic amines) is 1. The lowest BCUT2D eigenvalue weighted by Gasteiger charge is -2.32. The van der Waals surface area contributed by atoms with Crippen LogP contribution >= 0.6 is 12.4 Å². The van der Waals surface area contributed by atoms with E-state index < -0.39 is 6.10 Å². The Kier molecular flexibility index (Phi) is 8.63. The van der Waals surface area contributed by atoms with E-state index in [1.54, 1.807) is 0 Å². The average Bonchev–Trinajstić information content (AvgIpc) is 3.10. The molecule has 0 bridgehead atoms. The highest BCUT2D eigenvalue weighted by Gasteiger charge is 2.26. The fraction of sp³-hybridized carbons (Fsp3) is 0.632. The molecule has 8 heteroatoms. The smallest absolute Gasteiger partial charge is 0.309 e. The summed E-state index contributed by atoms with van der Waals surface area (Å²) in [7, 11) is 0. The molecule has 1 unspecified atom stereocenters. The number of esters is 1. The number of fused-ring (bicyclic) bond motifs is 1. The molecule has 1 N–H and O–H groups in total. The van der Waals surface area contributed by atoms with Gasteiger partial charge in [0, 0.05) is 6.54 Å². The van der Waals surface area contributed by atoms with Gasteiger partial charge in [-0.3, -0.25) is 4.79 Å². The highest BCUT2D eigenvalue weighted by atomic mass is 35.5. The number of β-amino-alcohol motifs (C(OH)–C–C–N with tert-alkyl or cyclic N) is 1. The van der Waals surface area contributed by atoms with Crippen LogP contribution in [0.15, 0.2) is 18.2 Å². The summed E-state index contributed by atoms with van der Waals surface area (Å²) in [5.74, 6) is 1.38. The third-order valence-corrected chi connectivity index (χ3v) is 4.69. The molecule has 152 valence electrons. The minimum absolute atomic E-state index is 0. The van der Waals surface area contributed by atoms with E-state index in [1.807, 2.05) is 25.1 Å². The molecule has 3 rings (SSSR count).